The van der Waals surface area contributed by atoms with Crippen molar-refractivity contribution in [2.75, 3.05) is 41.3 Å². The first-order valence-electron chi connectivity index (χ1n) is 8.71. The Hall–Kier alpha value is -1.84. The van der Waals surface area contributed by atoms with Gasteiger partial charge >= 0.3 is 5.97 Å². The van der Waals surface area contributed by atoms with Crippen molar-refractivity contribution in [3.8, 4) is 0 Å². The maximum atomic E-state index is 11.9. The number of halogens is 1. The van der Waals surface area contributed by atoms with Crippen LogP contribution in [0.1, 0.15) is 22.8 Å². The molecule has 1 aromatic carbocycles. The Morgan fingerprint density at radius 2 is 1.89 bits per heavy atom. The molecule has 0 spiro atoms. The third-order valence-corrected chi connectivity index (χ3v) is 4.69. The van der Waals surface area contributed by atoms with Gasteiger partial charge in [0, 0.05) is 46.3 Å². The fraction of sp³-hybridized carbons (Fsp3) is 0.526. The maximum absolute atomic E-state index is 11.9. The Morgan fingerprint density at radius 3 is 2.41 bits per heavy atom. The van der Waals surface area contributed by atoms with Crippen LogP contribution < -0.4 is 5.32 Å². The minimum atomic E-state index is -0.170. The first-order valence-corrected chi connectivity index (χ1v) is 8.71. The predicted octanol–water partition coefficient (Wildman–Crippen LogP) is 1.82. The van der Waals surface area contributed by atoms with E-state index < -0.39 is 0 Å². The molecule has 150 valence electrons. The molecule has 1 saturated heterocycles. The van der Waals surface area contributed by atoms with E-state index in [9.17, 15) is 9.59 Å². The van der Waals surface area contributed by atoms with Crippen LogP contribution in [0.25, 0.3) is 0 Å². The quantitative estimate of drug-likeness (QED) is 0.303. The summed E-state index contributed by atoms with van der Waals surface area (Å²) < 4.78 is 4.89. The number of hydrogen-bond acceptors (Lipinski definition) is 4. The van der Waals surface area contributed by atoms with Gasteiger partial charge in [-0.15, -0.1) is 24.0 Å². The molecule has 1 aromatic rings. The lowest BCUT2D eigenvalue weighted by Gasteiger charge is -2.21. The second kappa shape index (κ2) is 10.5. The number of guanidine groups is 1. The number of likely N-dealkylation sites (tertiary alicyclic amines) is 1. The molecule has 7 nitrogen and oxygen atoms in total. The molecule has 2 atom stereocenters. The summed E-state index contributed by atoms with van der Waals surface area (Å²) in [5, 5.41) is 3.33. The number of methoxy groups -OCH3 is 1. The summed E-state index contributed by atoms with van der Waals surface area (Å²) in [4.78, 5) is 31.7. The zero-order valence-electron chi connectivity index (χ0n) is 16.6. The summed E-state index contributed by atoms with van der Waals surface area (Å²) in [7, 11) is 6.63. The molecule has 0 bridgehead atoms. The van der Waals surface area contributed by atoms with E-state index >= 15 is 0 Å². The van der Waals surface area contributed by atoms with Crippen LogP contribution in [0.5, 0.6) is 0 Å². The fourth-order valence-electron chi connectivity index (χ4n) is 3.13. The van der Waals surface area contributed by atoms with Crippen molar-refractivity contribution in [1.29, 1.82) is 0 Å². The van der Waals surface area contributed by atoms with Gasteiger partial charge in [-0.2, -0.15) is 0 Å². The summed E-state index contributed by atoms with van der Waals surface area (Å²) in [5.74, 6) is 0.667. The molecule has 0 saturated carbocycles. The standard InChI is InChI=1S/C19H28N4O3.HI/c1-13-11-23(12-16(13)18(25)26-5)19(20-2)21-10-14-6-8-15(9-7-14)17(24)22(3)4;/h6-9,13,16H,10-12H2,1-5H3,(H,20,21);1H. The largest absolute Gasteiger partial charge is 0.469 e. The van der Waals surface area contributed by atoms with Crippen LogP contribution in [0.15, 0.2) is 29.3 Å². The summed E-state index contributed by atoms with van der Waals surface area (Å²) in [6, 6.07) is 7.52. The first-order chi connectivity index (χ1) is 12.4. The minimum absolute atomic E-state index is 0. The molecule has 8 heteroatoms. The average Bonchev–Trinajstić information content (AvgIpc) is 3.03. The van der Waals surface area contributed by atoms with Gasteiger partial charge in [0.1, 0.15) is 0 Å². The molecule has 0 radical (unpaired) electrons. The molecule has 0 aromatic heterocycles. The Labute approximate surface area is 178 Å². The molecular weight excluding hydrogens is 459 g/mol. The highest BCUT2D eigenvalue weighted by molar-refractivity contribution is 14.0. The van der Waals surface area contributed by atoms with Crippen LogP contribution in [0.2, 0.25) is 0 Å². The lowest BCUT2D eigenvalue weighted by atomic mass is 9.99. The zero-order chi connectivity index (χ0) is 19.3. The van der Waals surface area contributed by atoms with Crippen LogP contribution in [0.4, 0.5) is 0 Å². The van der Waals surface area contributed by atoms with Crippen molar-refractivity contribution in [2.24, 2.45) is 16.8 Å². The highest BCUT2D eigenvalue weighted by Gasteiger charge is 2.36. The molecular formula is C19H29IN4O3. The van der Waals surface area contributed by atoms with Crippen molar-refractivity contribution in [3.63, 3.8) is 0 Å². The van der Waals surface area contributed by atoms with Gasteiger partial charge in [0.2, 0.25) is 0 Å². The van der Waals surface area contributed by atoms with E-state index in [1.54, 1.807) is 26.0 Å². The van der Waals surface area contributed by atoms with Crippen molar-refractivity contribution >= 4 is 41.8 Å². The number of amides is 1. The van der Waals surface area contributed by atoms with E-state index in [4.69, 9.17) is 4.74 Å². The van der Waals surface area contributed by atoms with E-state index in [-0.39, 0.29) is 47.7 Å². The van der Waals surface area contributed by atoms with Gasteiger partial charge in [0.25, 0.3) is 5.91 Å². The molecule has 1 aliphatic rings. The second-order valence-electron chi connectivity index (χ2n) is 6.81. The molecule has 1 amide bonds. The normalized spacial score (nSPS) is 19.3. The zero-order valence-corrected chi connectivity index (χ0v) is 18.9. The number of esters is 1. The van der Waals surface area contributed by atoms with Crippen LogP contribution in [0, 0.1) is 11.8 Å². The molecule has 27 heavy (non-hydrogen) atoms. The van der Waals surface area contributed by atoms with Crippen molar-refractivity contribution in [1.82, 2.24) is 15.1 Å². The predicted molar refractivity (Wildman–Crippen MR) is 116 cm³/mol. The van der Waals surface area contributed by atoms with Gasteiger partial charge in [0.05, 0.1) is 13.0 Å². The summed E-state index contributed by atoms with van der Waals surface area (Å²) in [6.45, 7) is 4.01. The van der Waals surface area contributed by atoms with Gasteiger partial charge in [-0.25, -0.2) is 0 Å². The van der Waals surface area contributed by atoms with Crippen LogP contribution in [-0.4, -0.2) is 69.0 Å². The van der Waals surface area contributed by atoms with E-state index in [1.165, 1.54) is 7.11 Å². The van der Waals surface area contributed by atoms with Gasteiger partial charge in [0.15, 0.2) is 5.96 Å². The first kappa shape index (κ1) is 23.2. The maximum Gasteiger partial charge on any atom is 0.310 e. The number of hydrogen-bond donors (Lipinski definition) is 1. The highest BCUT2D eigenvalue weighted by atomic mass is 127. The molecule has 1 fully saturated rings. The topological polar surface area (TPSA) is 74.2 Å². The van der Waals surface area contributed by atoms with Gasteiger partial charge < -0.3 is 19.9 Å². The Morgan fingerprint density at radius 1 is 1.26 bits per heavy atom. The molecule has 2 rings (SSSR count). The summed E-state index contributed by atoms with van der Waals surface area (Å²) in [6.07, 6.45) is 0. The fourth-order valence-corrected chi connectivity index (χ4v) is 3.13. The third kappa shape index (κ3) is 5.82. The number of nitrogens with zero attached hydrogens (tertiary/aromatic N) is 3. The smallest absolute Gasteiger partial charge is 0.310 e. The van der Waals surface area contributed by atoms with Crippen molar-refractivity contribution in [3.05, 3.63) is 35.4 Å². The number of carbonyl (C=O) groups is 2. The monoisotopic (exact) mass is 488 g/mol. The van der Waals surface area contributed by atoms with Crippen molar-refractivity contribution in [2.45, 2.75) is 13.5 Å². The average molecular weight is 488 g/mol. The number of rotatable bonds is 4. The van der Waals surface area contributed by atoms with Crippen molar-refractivity contribution < 1.29 is 14.3 Å². The van der Waals surface area contributed by atoms with Gasteiger partial charge in [-0.05, 0) is 23.6 Å². The number of nitrogens with one attached hydrogen (secondary N) is 1. The Bertz CT molecular complexity index is 676. The third-order valence-electron chi connectivity index (χ3n) is 4.69. The highest BCUT2D eigenvalue weighted by Crippen LogP contribution is 2.24. The molecule has 1 N–H and O–H groups in total. The Balaban J connectivity index is 0.00000364. The van der Waals surface area contributed by atoms with E-state index in [1.807, 2.05) is 24.3 Å². The van der Waals surface area contributed by atoms with E-state index in [2.05, 4.69) is 22.1 Å². The van der Waals surface area contributed by atoms with Crippen LogP contribution in [-0.2, 0) is 16.1 Å². The number of ether oxygens (including phenoxy) is 1. The minimum Gasteiger partial charge on any atom is -0.469 e. The second-order valence-corrected chi connectivity index (χ2v) is 6.81. The Kier molecular flexibility index (Phi) is 9.01. The molecule has 1 aliphatic heterocycles. The van der Waals surface area contributed by atoms with Gasteiger partial charge in [-0.1, -0.05) is 19.1 Å². The lowest BCUT2D eigenvalue weighted by molar-refractivity contribution is -0.145. The van der Waals surface area contributed by atoms with E-state index in [0.29, 0.717) is 18.7 Å². The van der Waals surface area contributed by atoms with Crippen LogP contribution in [0.3, 0.4) is 0 Å². The summed E-state index contributed by atoms with van der Waals surface area (Å²) >= 11 is 0. The molecule has 2 unspecified atom stereocenters. The van der Waals surface area contributed by atoms with Gasteiger partial charge in [-0.3, -0.25) is 14.6 Å². The SMILES string of the molecule is CN=C(NCc1ccc(C(=O)N(C)C)cc1)N1CC(C)C(C(=O)OC)C1.I. The van der Waals surface area contributed by atoms with Crippen LogP contribution >= 0.6 is 24.0 Å². The number of aliphatic imine (C=N–C) groups is 1. The lowest BCUT2D eigenvalue weighted by Crippen LogP contribution is -2.40. The molecule has 0 aliphatic carbocycles. The summed E-state index contributed by atoms with van der Waals surface area (Å²) in [5.41, 5.74) is 1.72. The number of carbonyl (C=O) groups excluding carboxylic acids is 2. The number of benzene rings is 1. The van der Waals surface area contributed by atoms with E-state index in [0.717, 1.165) is 18.1 Å². The molecule has 1 heterocycles.